The third-order valence-corrected chi connectivity index (χ3v) is 2.46. The second-order valence-corrected chi connectivity index (χ2v) is 4.08. The fourth-order valence-corrected chi connectivity index (χ4v) is 1.47. The zero-order valence-corrected chi connectivity index (χ0v) is 10.2. The predicted octanol–water partition coefficient (Wildman–Crippen LogP) is 0.836. The van der Waals surface area contributed by atoms with Crippen molar-refractivity contribution in [2.24, 2.45) is 7.05 Å². The van der Waals surface area contributed by atoms with Gasteiger partial charge in [0, 0.05) is 33.1 Å². The fraction of sp³-hybridized carbons (Fsp3) is 0.600. The monoisotopic (exact) mass is 245 g/mol. The van der Waals surface area contributed by atoms with Crippen LogP contribution in [0.3, 0.4) is 0 Å². The topological polar surface area (TPSA) is 56.1 Å². The molecule has 90 valence electrons. The Kier molecular flexibility index (Phi) is 5.28. The molecule has 6 heteroatoms. The van der Waals surface area contributed by atoms with E-state index in [1.54, 1.807) is 26.6 Å². The molecular weight excluding hydrogens is 230 g/mol. The van der Waals surface area contributed by atoms with Crippen molar-refractivity contribution >= 4 is 17.4 Å². The Morgan fingerprint density at radius 2 is 2.44 bits per heavy atom. The molecule has 0 aromatic carbocycles. The molecular formula is C10H16ClN3O2. The van der Waals surface area contributed by atoms with Gasteiger partial charge in [0.1, 0.15) is 0 Å². The minimum absolute atomic E-state index is 0.0509. The first-order valence-corrected chi connectivity index (χ1v) is 5.47. The molecule has 0 aliphatic rings. The number of anilines is 1. The number of ether oxygens (including phenoxy) is 1. The van der Waals surface area contributed by atoms with Gasteiger partial charge in [0.05, 0.1) is 12.0 Å². The maximum atomic E-state index is 11.6. The number of aromatic nitrogens is 2. The molecule has 0 bridgehead atoms. The van der Waals surface area contributed by atoms with E-state index in [4.69, 9.17) is 16.3 Å². The minimum atomic E-state index is -0.139. The van der Waals surface area contributed by atoms with Gasteiger partial charge in [0.25, 0.3) is 5.56 Å². The van der Waals surface area contributed by atoms with Crippen LogP contribution in [0.25, 0.3) is 0 Å². The number of methoxy groups -OCH3 is 1. The number of alkyl halides is 1. The van der Waals surface area contributed by atoms with Crippen LogP contribution in [-0.2, 0) is 11.8 Å². The summed E-state index contributed by atoms with van der Waals surface area (Å²) in [4.78, 5) is 15.5. The Morgan fingerprint density at radius 3 is 3.12 bits per heavy atom. The summed E-state index contributed by atoms with van der Waals surface area (Å²) in [7, 11) is 3.29. The van der Waals surface area contributed by atoms with Crippen LogP contribution in [0.2, 0.25) is 0 Å². The lowest BCUT2D eigenvalue weighted by atomic mass is 10.3. The second-order valence-electron chi connectivity index (χ2n) is 3.46. The lowest BCUT2D eigenvalue weighted by Crippen LogP contribution is -2.23. The van der Waals surface area contributed by atoms with E-state index in [1.807, 2.05) is 0 Å². The molecule has 1 atom stereocenters. The summed E-state index contributed by atoms with van der Waals surface area (Å²) in [6, 6.07) is 0. The molecule has 0 saturated carbocycles. The number of rotatable bonds is 6. The van der Waals surface area contributed by atoms with Crippen molar-refractivity contribution in [1.29, 1.82) is 0 Å². The zero-order valence-electron chi connectivity index (χ0n) is 9.44. The van der Waals surface area contributed by atoms with E-state index in [2.05, 4.69) is 10.3 Å². The molecule has 1 rings (SSSR count). The quantitative estimate of drug-likeness (QED) is 0.755. The summed E-state index contributed by atoms with van der Waals surface area (Å²) in [6.45, 7) is 1.10. The van der Waals surface area contributed by atoms with E-state index in [-0.39, 0.29) is 10.9 Å². The molecule has 0 saturated heterocycles. The summed E-state index contributed by atoms with van der Waals surface area (Å²) in [5.74, 6) is 0.353. The Bertz CT molecular complexity index is 381. The van der Waals surface area contributed by atoms with Crippen LogP contribution in [0.15, 0.2) is 17.2 Å². The molecule has 0 amide bonds. The van der Waals surface area contributed by atoms with Crippen molar-refractivity contribution in [1.82, 2.24) is 9.55 Å². The van der Waals surface area contributed by atoms with Gasteiger partial charge in [-0.25, -0.2) is 4.98 Å². The molecule has 1 unspecified atom stereocenters. The average molecular weight is 246 g/mol. The van der Waals surface area contributed by atoms with Gasteiger partial charge < -0.3 is 14.6 Å². The van der Waals surface area contributed by atoms with Crippen LogP contribution >= 0.6 is 11.6 Å². The highest BCUT2D eigenvalue weighted by atomic mass is 35.5. The van der Waals surface area contributed by atoms with Crippen LogP contribution in [0.5, 0.6) is 0 Å². The molecule has 1 aromatic heterocycles. The number of nitrogens with one attached hydrogen (secondary N) is 1. The Balaban J connectivity index is 2.43. The minimum Gasteiger partial charge on any atom is -0.383 e. The summed E-state index contributed by atoms with van der Waals surface area (Å²) in [5, 5.41) is 2.91. The van der Waals surface area contributed by atoms with Crippen LogP contribution < -0.4 is 10.9 Å². The molecule has 0 aliphatic carbocycles. The smallest absolute Gasteiger partial charge is 0.293 e. The first-order chi connectivity index (χ1) is 7.65. The maximum Gasteiger partial charge on any atom is 0.293 e. The van der Waals surface area contributed by atoms with E-state index in [1.165, 1.54) is 4.57 Å². The molecule has 1 heterocycles. The van der Waals surface area contributed by atoms with Crippen LogP contribution in [0, 0.1) is 0 Å². The second kappa shape index (κ2) is 6.50. The molecule has 1 N–H and O–H groups in total. The lowest BCUT2D eigenvalue weighted by Gasteiger charge is -2.09. The first-order valence-electron chi connectivity index (χ1n) is 5.03. The van der Waals surface area contributed by atoms with E-state index in [0.29, 0.717) is 19.0 Å². The fourth-order valence-electron chi connectivity index (χ4n) is 1.23. The van der Waals surface area contributed by atoms with Crippen molar-refractivity contribution in [2.45, 2.75) is 11.8 Å². The van der Waals surface area contributed by atoms with Gasteiger partial charge in [-0.05, 0) is 6.42 Å². The summed E-state index contributed by atoms with van der Waals surface area (Å²) in [5.41, 5.74) is -0.139. The first kappa shape index (κ1) is 13.0. The molecule has 0 fully saturated rings. The summed E-state index contributed by atoms with van der Waals surface area (Å²) >= 11 is 5.95. The molecule has 0 spiro atoms. The van der Waals surface area contributed by atoms with E-state index >= 15 is 0 Å². The largest absolute Gasteiger partial charge is 0.383 e. The standard InChI is InChI=1S/C10H16ClN3O2/c1-14-6-5-13-9(10(14)15)12-4-3-8(11)7-16-2/h5-6,8H,3-4,7H2,1-2H3,(H,12,13). The molecule has 16 heavy (non-hydrogen) atoms. The van der Waals surface area contributed by atoms with Gasteiger partial charge in [-0.3, -0.25) is 4.79 Å². The number of hydrogen-bond donors (Lipinski definition) is 1. The highest BCUT2D eigenvalue weighted by Crippen LogP contribution is 2.02. The normalized spacial score (nSPS) is 12.4. The van der Waals surface area contributed by atoms with Crippen molar-refractivity contribution in [2.75, 3.05) is 25.6 Å². The molecule has 1 aromatic rings. The van der Waals surface area contributed by atoms with Crippen molar-refractivity contribution in [3.63, 3.8) is 0 Å². The number of aryl methyl sites for hydroxylation is 1. The number of nitrogens with zero attached hydrogens (tertiary/aromatic N) is 2. The van der Waals surface area contributed by atoms with Crippen molar-refractivity contribution in [3.05, 3.63) is 22.7 Å². The van der Waals surface area contributed by atoms with Crippen molar-refractivity contribution < 1.29 is 4.74 Å². The van der Waals surface area contributed by atoms with Gasteiger partial charge in [-0.1, -0.05) is 0 Å². The Labute approximate surface area is 99.4 Å². The highest BCUT2D eigenvalue weighted by Gasteiger charge is 2.05. The summed E-state index contributed by atoms with van der Waals surface area (Å²) < 4.78 is 6.38. The third-order valence-electron chi connectivity index (χ3n) is 2.11. The SMILES string of the molecule is COCC(Cl)CCNc1nccn(C)c1=O. The lowest BCUT2D eigenvalue weighted by molar-refractivity contribution is 0.196. The molecule has 0 aliphatic heterocycles. The maximum absolute atomic E-state index is 11.6. The number of halogens is 1. The third kappa shape index (κ3) is 3.83. The van der Waals surface area contributed by atoms with Crippen LogP contribution in [-0.4, -0.2) is 35.2 Å². The highest BCUT2D eigenvalue weighted by molar-refractivity contribution is 6.20. The van der Waals surface area contributed by atoms with E-state index in [9.17, 15) is 4.79 Å². The molecule has 5 nitrogen and oxygen atoms in total. The van der Waals surface area contributed by atoms with Gasteiger partial charge in [0.2, 0.25) is 0 Å². The van der Waals surface area contributed by atoms with Crippen LogP contribution in [0.1, 0.15) is 6.42 Å². The van der Waals surface area contributed by atoms with E-state index in [0.717, 1.165) is 6.42 Å². The molecule has 0 radical (unpaired) electrons. The predicted molar refractivity (Wildman–Crippen MR) is 64.1 cm³/mol. The Hall–Kier alpha value is -1.07. The average Bonchev–Trinajstić information content (AvgIpc) is 2.25. The number of hydrogen-bond acceptors (Lipinski definition) is 4. The van der Waals surface area contributed by atoms with Crippen molar-refractivity contribution in [3.8, 4) is 0 Å². The zero-order chi connectivity index (χ0) is 12.0. The Morgan fingerprint density at radius 1 is 1.69 bits per heavy atom. The van der Waals surface area contributed by atoms with Gasteiger partial charge in [-0.2, -0.15) is 0 Å². The van der Waals surface area contributed by atoms with Gasteiger partial charge in [-0.15, -0.1) is 11.6 Å². The van der Waals surface area contributed by atoms with Crippen LogP contribution in [0.4, 0.5) is 5.82 Å². The summed E-state index contributed by atoms with van der Waals surface area (Å²) in [6.07, 6.45) is 3.91. The van der Waals surface area contributed by atoms with Gasteiger partial charge >= 0.3 is 0 Å². The van der Waals surface area contributed by atoms with E-state index < -0.39 is 0 Å². The van der Waals surface area contributed by atoms with Gasteiger partial charge in [0.15, 0.2) is 5.82 Å².